The third-order valence-electron chi connectivity index (χ3n) is 5.31. The van der Waals surface area contributed by atoms with E-state index in [2.05, 4.69) is 11.3 Å². The number of thiazole rings is 1. The van der Waals surface area contributed by atoms with Gasteiger partial charge in [0.1, 0.15) is 0 Å². The van der Waals surface area contributed by atoms with Crippen LogP contribution >= 0.6 is 22.9 Å². The number of amides is 1. The monoisotopic (exact) mass is 475 g/mol. The first kappa shape index (κ1) is 22.0. The Bertz CT molecular complexity index is 1230. The minimum atomic E-state index is -3.68. The average Bonchev–Trinajstić information content (AvgIpc) is 3.20. The molecule has 1 aromatic heterocycles. The van der Waals surface area contributed by atoms with Gasteiger partial charge < -0.3 is 4.90 Å². The number of halogens is 1. The number of hydrogen-bond donors (Lipinski definition) is 1. The van der Waals surface area contributed by atoms with Crippen LogP contribution < -0.4 is 4.72 Å². The molecule has 162 valence electrons. The first-order valence-corrected chi connectivity index (χ1v) is 12.6. The Balaban J connectivity index is 1.44. The lowest BCUT2D eigenvalue weighted by Gasteiger charge is -2.31. The van der Waals surface area contributed by atoms with E-state index in [1.807, 2.05) is 18.2 Å². The average molecular weight is 476 g/mol. The molecule has 0 unspecified atom stereocenters. The third kappa shape index (κ3) is 4.82. The molecule has 1 N–H and O–H groups in total. The van der Waals surface area contributed by atoms with Gasteiger partial charge in [0.2, 0.25) is 10.0 Å². The van der Waals surface area contributed by atoms with Crippen LogP contribution in [0, 0.1) is 0 Å². The molecule has 2 aromatic carbocycles. The van der Waals surface area contributed by atoms with Crippen LogP contribution in [0.2, 0.25) is 5.02 Å². The summed E-state index contributed by atoms with van der Waals surface area (Å²) in [5.41, 5.74) is 1.28. The molecule has 0 radical (unpaired) electrons. The number of carbonyl (C=O) groups is 1. The van der Waals surface area contributed by atoms with Gasteiger partial charge in [-0.15, -0.1) is 17.9 Å². The maximum Gasteiger partial charge on any atom is 0.253 e. The van der Waals surface area contributed by atoms with Crippen LogP contribution in [0.5, 0.6) is 0 Å². The largest absolute Gasteiger partial charge is 0.339 e. The highest BCUT2D eigenvalue weighted by Crippen LogP contribution is 2.35. The van der Waals surface area contributed by atoms with E-state index in [-0.39, 0.29) is 17.3 Å². The number of nitrogens with one attached hydrogen (secondary N) is 1. The lowest BCUT2D eigenvalue weighted by molar-refractivity contribution is 0.0712. The topological polar surface area (TPSA) is 79.4 Å². The fourth-order valence-electron chi connectivity index (χ4n) is 3.65. The second-order valence-electron chi connectivity index (χ2n) is 7.40. The van der Waals surface area contributed by atoms with Crippen LogP contribution in [0.3, 0.4) is 0 Å². The molecule has 2 heterocycles. The number of carbonyl (C=O) groups excluding carboxylic acids is 1. The van der Waals surface area contributed by atoms with E-state index in [4.69, 9.17) is 16.6 Å². The molecule has 1 saturated heterocycles. The fourth-order valence-corrected chi connectivity index (χ4v) is 5.98. The van der Waals surface area contributed by atoms with E-state index in [0.717, 1.165) is 28.1 Å². The van der Waals surface area contributed by atoms with Crippen molar-refractivity contribution >= 4 is 49.1 Å². The quantitative estimate of drug-likeness (QED) is 0.535. The lowest BCUT2D eigenvalue weighted by atomic mass is 9.97. The van der Waals surface area contributed by atoms with E-state index in [1.54, 1.807) is 28.4 Å². The summed E-state index contributed by atoms with van der Waals surface area (Å²) in [5.74, 6) is 0.144. The molecule has 1 fully saturated rings. The Morgan fingerprint density at radius 1 is 1.26 bits per heavy atom. The molecule has 1 aliphatic rings. The summed E-state index contributed by atoms with van der Waals surface area (Å²) >= 11 is 7.74. The molecule has 6 nitrogen and oxygen atoms in total. The van der Waals surface area contributed by atoms with E-state index in [9.17, 15) is 13.2 Å². The molecule has 0 aliphatic carbocycles. The molecule has 9 heteroatoms. The van der Waals surface area contributed by atoms with Crippen molar-refractivity contribution in [3.05, 3.63) is 70.7 Å². The molecular weight excluding hydrogens is 454 g/mol. The molecular formula is C22H22ClN3O3S2. The zero-order valence-corrected chi connectivity index (χ0v) is 19.1. The van der Waals surface area contributed by atoms with E-state index in [1.165, 1.54) is 18.2 Å². The second kappa shape index (κ2) is 9.08. The first-order valence-electron chi connectivity index (χ1n) is 9.93. The van der Waals surface area contributed by atoms with Gasteiger partial charge in [0, 0.05) is 36.1 Å². The predicted octanol–water partition coefficient (Wildman–Crippen LogP) is 4.43. The maximum atomic E-state index is 13.0. The second-order valence-corrected chi connectivity index (χ2v) is 10.7. The number of likely N-dealkylation sites (tertiary alicyclic amines) is 1. The first-order chi connectivity index (χ1) is 14.9. The summed E-state index contributed by atoms with van der Waals surface area (Å²) in [7, 11) is -3.68. The van der Waals surface area contributed by atoms with Crippen LogP contribution in [0.1, 0.15) is 34.1 Å². The highest BCUT2D eigenvalue weighted by molar-refractivity contribution is 7.89. The van der Waals surface area contributed by atoms with E-state index < -0.39 is 10.0 Å². The highest BCUT2D eigenvalue weighted by Gasteiger charge is 2.27. The van der Waals surface area contributed by atoms with Crippen LogP contribution in [0.4, 0.5) is 0 Å². The molecule has 0 spiro atoms. The van der Waals surface area contributed by atoms with E-state index >= 15 is 0 Å². The number of nitrogens with zero attached hydrogens (tertiary/aromatic N) is 2. The van der Waals surface area contributed by atoms with Gasteiger partial charge >= 0.3 is 0 Å². The summed E-state index contributed by atoms with van der Waals surface area (Å²) in [4.78, 5) is 19.6. The maximum absolute atomic E-state index is 13.0. The van der Waals surface area contributed by atoms with Crippen molar-refractivity contribution in [3.63, 3.8) is 0 Å². The van der Waals surface area contributed by atoms with Crippen LogP contribution in [-0.2, 0) is 10.0 Å². The Morgan fingerprint density at radius 3 is 2.77 bits per heavy atom. The number of hydrogen-bond acceptors (Lipinski definition) is 5. The van der Waals surface area contributed by atoms with Gasteiger partial charge in [-0.05, 0) is 49.2 Å². The SMILES string of the molecule is C=CCNS(=O)(=O)c1cccc(C(=O)N2CCC(c3nc4cc(Cl)ccc4s3)CC2)c1. The number of aromatic nitrogens is 1. The number of fused-ring (bicyclic) bond motifs is 1. The van der Waals surface area contributed by atoms with Crippen molar-refractivity contribution in [1.29, 1.82) is 0 Å². The number of rotatable bonds is 6. The molecule has 3 aromatic rings. The normalized spacial score (nSPS) is 15.3. The van der Waals surface area contributed by atoms with Gasteiger partial charge in [-0.1, -0.05) is 23.7 Å². The van der Waals surface area contributed by atoms with Gasteiger partial charge in [0.05, 0.1) is 20.1 Å². The lowest BCUT2D eigenvalue weighted by Crippen LogP contribution is -2.38. The highest BCUT2D eigenvalue weighted by atomic mass is 35.5. The van der Waals surface area contributed by atoms with Crippen molar-refractivity contribution in [2.75, 3.05) is 19.6 Å². The molecule has 1 aliphatic heterocycles. The van der Waals surface area contributed by atoms with Gasteiger partial charge in [0.15, 0.2) is 0 Å². The number of benzene rings is 2. The predicted molar refractivity (Wildman–Crippen MR) is 124 cm³/mol. The molecule has 1 amide bonds. The van der Waals surface area contributed by atoms with Gasteiger partial charge in [-0.3, -0.25) is 4.79 Å². The van der Waals surface area contributed by atoms with Crippen LogP contribution in [0.15, 0.2) is 60.0 Å². The molecule has 31 heavy (non-hydrogen) atoms. The third-order valence-corrected chi connectivity index (χ3v) is 8.16. The van der Waals surface area contributed by atoms with Crippen molar-refractivity contribution in [2.24, 2.45) is 0 Å². The summed E-state index contributed by atoms with van der Waals surface area (Å²) in [5, 5.41) is 1.75. The van der Waals surface area contributed by atoms with Crippen molar-refractivity contribution < 1.29 is 13.2 Å². The zero-order valence-electron chi connectivity index (χ0n) is 16.8. The van der Waals surface area contributed by atoms with Crippen molar-refractivity contribution in [1.82, 2.24) is 14.6 Å². The van der Waals surface area contributed by atoms with Gasteiger partial charge in [-0.25, -0.2) is 18.1 Å². The van der Waals surface area contributed by atoms with Gasteiger partial charge in [-0.2, -0.15) is 0 Å². The number of sulfonamides is 1. The minimum absolute atomic E-state index is 0.0724. The Labute approximate surface area is 190 Å². The zero-order chi connectivity index (χ0) is 22.0. The summed E-state index contributed by atoms with van der Waals surface area (Å²) < 4.78 is 28.2. The standard InChI is InChI=1S/C22H22ClN3O3S2/c1-2-10-24-31(28,29)18-5-3-4-16(13-18)22(27)26-11-8-15(9-12-26)21-25-19-14-17(23)6-7-20(19)30-21/h2-7,13-15,24H,1,8-12H2. The molecule has 4 rings (SSSR count). The minimum Gasteiger partial charge on any atom is -0.339 e. The summed E-state index contributed by atoms with van der Waals surface area (Å²) in [6.07, 6.45) is 3.10. The molecule has 0 atom stereocenters. The Kier molecular flexibility index (Phi) is 6.43. The smallest absolute Gasteiger partial charge is 0.253 e. The van der Waals surface area contributed by atoms with Crippen molar-refractivity contribution in [3.8, 4) is 0 Å². The Morgan fingerprint density at radius 2 is 2.03 bits per heavy atom. The van der Waals surface area contributed by atoms with Gasteiger partial charge in [0.25, 0.3) is 5.91 Å². The van der Waals surface area contributed by atoms with Crippen LogP contribution in [0.25, 0.3) is 10.2 Å². The van der Waals surface area contributed by atoms with Crippen molar-refractivity contribution in [2.45, 2.75) is 23.7 Å². The fraction of sp³-hybridized carbons (Fsp3) is 0.273. The Hall–Kier alpha value is -2.26. The summed E-state index contributed by atoms with van der Waals surface area (Å²) in [6, 6.07) is 11.9. The number of piperidine rings is 1. The molecule has 0 bridgehead atoms. The van der Waals surface area contributed by atoms with E-state index in [0.29, 0.717) is 29.6 Å². The van der Waals surface area contributed by atoms with Crippen LogP contribution in [-0.4, -0.2) is 43.8 Å². The molecule has 0 saturated carbocycles. The summed E-state index contributed by atoms with van der Waals surface area (Å²) in [6.45, 7) is 4.85.